The molecule has 1 aromatic carbocycles. The number of methoxy groups -OCH3 is 1. The Morgan fingerprint density at radius 3 is 2.53 bits per heavy atom. The number of benzene rings is 1. The average Bonchev–Trinajstić information content (AvgIpc) is 2.37. The summed E-state index contributed by atoms with van der Waals surface area (Å²) in [4.78, 5) is 10.9. The van der Waals surface area contributed by atoms with Crippen LogP contribution in [0.2, 0.25) is 0 Å². The predicted molar refractivity (Wildman–Crippen MR) is 67.0 cm³/mol. The van der Waals surface area contributed by atoms with Gasteiger partial charge in [0.1, 0.15) is 11.8 Å². The number of nitriles is 1. The summed E-state index contributed by atoms with van der Waals surface area (Å²) in [6, 6.07) is 7.75. The number of nitrogens with one attached hydrogen (secondary N) is 1. The van der Waals surface area contributed by atoms with Gasteiger partial charge >= 0.3 is 5.97 Å². The van der Waals surface area contributed by atoms with E-state index < -0.39 is 21.7 Å². The molecule has 1 aromatic rings. The third-order valence-corrected chi connectivity index (χ3v) is 3.13. The number of sulfonamides is 1. The van der Waals surface area contributed by atoms with E-state index in [1.165, 1.54) is 24.3 Å². The van der Waals surface area contributed by atoms with Crippen molar-refractivity contribution in [1.82, 2.24) is 0 Å². The molecular weight excluding hydrogens is 272 g/mol. The quantitative estimate of drug-likeness (QED) is 0.763. The second-order valence-corrected chi connectivity index (χ2v) is 5.13. The Morgan fingerprint density at radius 2 is 2.00 bits per heavy atom. The van der Waals surface area contributed by atoms with Crippen LogP contribution in [0.1, 0.15) is 0 Å². The molecule has 0 atom stereocenters. The molecule has 7 nitrogen and oxygen atoms in total. The Kier molecular flexibility index (Phi) is 5.14. The fourth-order valence-electron chi connectivity index (χ4n) is 1.16. The topological polar surface area (TPSA) is 105 Å². The molecule has 0 aliphatic carbocycles. The van der Waals surface area contributed by atoms with Gasteiger partial charge in [-0.15, -0.1) is 0 Å². The van der Waals surface area contributed by atoms with Crippen LogP contribution in [0.25, 0.3) is 0 Å². The standard InChI is InChI=1S/C11H12N2O5S/c1-17-11(14)8-19(15,16)13-9-2-4-10(5-3-9)18-7-6-12/h2-5,13H,7-8H2,1H3. The summed E-state index contributed by atoms with van der Waals surface area (Å²) in [6.45, 7) is -0.0899. The summed E-state index contributed by atoms with van der Waals surface area (Å²) in [5.74, 6) is -1.16. The monoisotopic (exact) mass is 284 g/mol. The Bertz CT molecular complexity index is 574. The van der Waals surface area contributed by atoms with Crippen molar-refractivity contribution in [3.05, 3.63) is 24.3 Å². The molecule has 0 saturated carbocycles. The third-order valence-electron chi connectivity index (χ3n) is 1.97. The highest BCUT2D eigenvalue weighted by atomic mass is 32.2. The minimum absolute atomic E-state index is 0.0899. The van der Waals surface area contributed by atoms with Gasteiger partial charge in [-0.05, 0) is 24.3 Å². The molecule has 0 amide bonds. The first kappa shape index (κ1) is 14.8. The third kappa shape index (κ3) is 5.27. The molecule has 0 unspecified atom stereocenters. The lowest BCUT2D eigenvalue weighted by molar-refractivity contribution is -0.137. The first-order valence-electron chi connectivity index (χ1n) is 5.14. The zero-order valence-corrected chi connectivity index (χ0v) is 10.9. The zero-order chi connectivity index (χ0) is 14.3. The van der Waals surface area contributed by atoms with E-state index in [9.17, 15) is 13.2 Å². The summed E-state index contributed by atoms with van der Waals surface area (Å²) < 4.78 is 34.6. The maximum atomic E-state index is 11.5. The number of anilines is 1. The molecule has 1 N–H and O–H groups in total. The number of esters is 1. The Hall–Kier alpha value is -2.27. The van der Waals surface area contributed by atoms with Crippen LogP contribution in [-0.4, -0.2) is 33.9 Å². The highest BCUT2D eigenvalue weighted by molar-refractivity contribution is 7.93. The second-order valence-electron chi connectivity index (χ2n) is 3.41. The van der Waals surface area contributed by atoms with Crippen molar-refractivity contribution in [2.24, 2.45) is 0 Å². The van der Waals surface area contributed by atoms with Crippen molar-refractivity contribution in [1.29, 1.82) is 5.26 Å². The highest BCUT2D eigenvalue weighted by Gasteiger charge is 2.16. The number of nitrogens with zero attached hydrogens (tertiary/aromatic N) is 1. The molecule has 0 saturated heterocycles. The molecule has 0 aliphatic rings. The van der Waals surface area contributed by atoms with Crippen LogP contribution < -0.4 is 9.46 Å². The van der Waals surface area contributed by atoms with E-state index in [1.807, 2.05) is 6.07 Å². The van der Waals surface area contributed by atoms with Gasteiger partial charge in [-0.3, -0.25) is 9.52 Å². The molecule has 1 rings (SSSR count). The normalized spacial score (nSPS) is 10.3. The lowest BCUT2D eigenvalue weighted by Gasteiger charge is -2.07. The molecule has 8 heteroatoms. The molecule has 102 valence electrons. The molecule has 0 spiro atoms. The fourth-order valence-corrected chi connectivity index (χ4v) is 2.16. The molecule has 0 aromatic heterocycles. The maximum absolute atomic E-state index is 11.5. The van der Waals surface area contributed by atoms with Crippen LogP contribution in [-0.2, 0) is 19.6 Å². The molecule has 0 fully saturated rings. The number of carbonyl (C=O) groups excluding carboxylic acids is 1. The van der Waals surface area contributed by atoms with Crippen LogP contribution in [0.3, 0.4) is 0 Å². The van der Waals surface area contributed by atoms with Crippen molar-refractivity contribution >= 4 is 21.7 Å². The van der Waals surface area contributed by atoms with Crippen molar-refractivity contribution in [2.75, 3.05) is 24.2 Å². The summed E-state index contributed by atoms with van der Waals surface area (Å²) in [6.07, 6.45) is 0. The van der Waals surface area contributed by atoms with Gasteiger partial charge < -0.3 is 9.47 Å². The van der Waals surface area contributed by atoms with E-state index in [0.29, 0.717) is 5.75 Å². The van der Waals surface area contributed by atoms with E-state index in [0.717, 1.165) is 7.11 Å². The largest absolute Gasteiger partial charge is 0.479 e. The number of hydrogen-bond acceptors (Lipinski definition) is 6. The van der Waals surface area contributed by atoms with Gasteiger partial charge in [-0.1, -0.05) is 0 Å². The highest BCUT2D eigenvalue weighted by Crippen LogP contribution is 2.16. The van der Waals surface area contributed by atoms with Crippen molar-refractivity contribution in [3.63, 3.8) is 0 Å². The van der Waals surface area contributed by atoms with Gasteiger partial charge in [0.05, 0.1) is 7.11 Å². The van der Waals surface area contributed by atoms with E-state index in [4.69, 9.17) is 10.00 Å². The number of carbonyl (C=O) groups is 1. The second kappa shape index (κ2) is 6.61. The van der Waals surface area contributed by atoms with Gasteiger partial charge in [0, 0.05) is 5.69 Å². The van der Waals surface area contributed by atoms with Crippen LogP contribution in [0.15, 0.2) is 24.3 Å². The average molecular weight is 284 g/mol. The molecule has 0 bridgehead atoms. The van der Waals surface area contributed by atoms with E-state index in [1.54, 1.807) is 0 Å². The first-order valence-corrected chi connectivity index (χ1v) is 6.79. The van der Waals surface area contributed by atoms with Crippen LogP contribution in [0.5, 0.6) is 5.75 Å². The molecule has 0 aliphatic heterocycles. The summed E-state index contributed by atoms with van der Waals surface area (Å²) >= 11 is 0. The van der Waals surface area contributed by atoms with Crippen molar-refractivity contribution in [3.8, 4) is 11.8 Å². The zero-order valence-electron chi connectivity index (χ0n) is 10.1. The van der Waals surface area contributed by atoms with Gasteiger partial charge in [-0.2, -0.15) is 5.26 Å². The Morgan fingerprint density at radius 1 is 1.37 bits per heavy atom. The Labute approximate surface area is 110 Å². The SMILES string of the molecule is COC(=O)CS(=O)(=O)Nc1ccc(OCC#N)cc1. The maximum Gasteiger partial charge on any atom is 0.322 e. The van der Waals surface area contributed by atoms with Gasteiger partial charge in [-0.25, -0.2) is 8.42 Å². The first-order chi connectivity index (χ1) is 8.96. The van der Waals surface area contributed by atoms with Crippen molar-refractivity contribution < 1.29 is 22.7 Å². The van der Waals surface area contributed by atoms with Gasteiger partial charge in [0.15, 0.2) is 12.4 Å². The smallest absolute Gasteiger partial charge is 0.322 e. The minimum atomic E-state index is -3.79. The lowest BCUT2D eigenvalue weighted by Crippen LogP contribution is -2.23. The Balaban J connectivity index is 2.67. The molecule has 19 heavy (non-hydrogen) atoms. The molecule has 0 radical (unpaired) electrons. The van der Waals surface area contributed by atoms with E-state index in [-0.39, 0.29) is 12.3 Å². The van der Waals surface area contributed by atoms with Gasteiger partial charge in [0.2, 0.25) is 10.0 Å². The van der Waals surface area contributed by atoms with Crippen LogP contribution >= 0.6 is 0 Å². The van der Waals surface area contributed by atoms with Crippen LogP contribution in [0, 0.1) is 11.3 Å². The summed E-state index contributed by atoms with van der Waals surface area (Å²) in [5, 5.41) is 8.33. The summed E-state index contributed by atoms with van der Waals surface area (Å²) in [5.41, 5.74) is 0.285. The predicted octanol–water partition coefficient (Wildman–Crippen LogP) is 0.504. The van der Waals surface area contributed by atoms with Crippen LogP contribution in [0.4, 0.5) is 5.69 Å². The number of ether oxygens (including phenoxy) is 2. The minimum Gasteiger partial charge on any atom is -0.479 e. The summed E-state index contributed by atoms with van der Waals surface area (Å²) in [7, 11) is -2.68. The van der Waals surface area contributed by atoms with E-state index >= 15 is 0 Å². The fraction of sp³-hybridized carbons (Fsp3) is 0.273. The van der Waals surface area contributed by atoms with E-state index in [2.05, 4.69) is 9.46 Å². The molecular formula is C11H12N2O5S. The number of hydrogen-bond donors (Lipinski definition) is 1. The number of rotatable bonds is 6. The molecule has 0 heterocycles. The van der Waals surface area contributed by atoms with Gasteiger partial charge in [0.25, 0.3) is 0 Å². The lowest BCUT2D eigenvalue weighted by atomic mass is 10.3. The van der Waals surface area contributed by atoms with Crippen molar-refractivity contribution in [2.45, 2.75) is 0 Å².